The number of nitrogens with one attached hydrogen (secondary N) is 1. The van der Waals surface area contributed by atoms with Crippen LogP contribution in [0.4, 0.5) is 0 Å². The van der Waals surface area contributed by atoms with Crippen molar-refractivity contribution in [3.05, 3.63) is 0 Å². The Morgan fingerprint density at radius 1 is 0.920 bits per heavy atom. The second kappa shape index (κ2) is 9.02. The van der Waals surface area contributed by atoms with E-state index in [0.29, 0.717) is 18.4 Å². The van der Waals surface area contributed by atoms with Crippen LogP contribution in [0.15, 0.2) is 0 Å². The zero-order valence-corrected chi connectivity index (χ0v) is 15.8. The largest absolute Gasteiger partial charge is 0.345 e. The number of rotatable bonds is 5. The van der Waals surface area contributed by atoms with Crippen molar-refractivity contribution in [2.45, 2.75) is 83.2 Å². The lowest BCUT2D eigenvalue weighted by molar-refractivity contribution is -0.137. The van der Waals surface area contributed by atoms with Gasteiger partial charge in [-0.2, -0.15) is 0 Å². The molecule has 0 unspecified atom stereocenters. The smallest absolute Gasteiger partial charge is 0.244 e. The molecule has 1 atom stereocenters. The van der Waals surface area contributed by atoms with Gasteiger partial charge in [0.05, 0.1) is 0 Å². The maximum absolute atomic E-state index is 12.7. The first-order valence-electron chi connectivity index (χ1n) is 10.5. The van der Waals surface area contributed by atoms with E-state index in [1.807, 2.05) is 11.8 Å². The first-order valence-corrected chi connectivity index (χ1v) is 10.5. The van der Waals surface area contributed by atoms with Gasteiger partial charge in [-0.05, 0) is 64.5 Å². The average molecular weight is 350 g/mol. The summed E-state index contributed by atoms with van der Waals surface area (Å²) in [6.07, 6.45) is 11.6. The molecule has 1 aliphatic carbocycles. The van der Waals surface area contributed by atoms with Gasteiger partial charge in [0.2, 0.25) is 11.8 Å². The van der Waals surface area contributed by atoms with Gasteiger partial charge in [0.1, 0.15) is 6.04 Å². The van der Waals surface area contributed by atoms with E-state index in [2.05, 4.69) is 10.2 Å². The van der Waals surface area contributed by atoms with Crippen molar-refractivity contribution < 1.29 is 9.59 Å². The Morgan fingerprint density at radius 2 is 1.56 bits per heavy atom. The summed E-state index contributed by atoms with van der Waals surface area (Å²) in [6, 6.07) is 0.261. The molecule has 142 valence electrons. The molecule has 1 N–H and O–H groups in total. The molecular formula is C20H35N3O2. The van der Waals surface area contributed by atoms with Gasteiger partial charge in [-0.15, -0.1) is 0 Å². The fraction of sp³-hybridized carbons (Fsp3) is 0.900. The Kier molecular flexibility index (Phi) is 6.74. The molecule has 0 spiro atoms. The highest BCUT2D eigenvalue weighted by molar-refractivity contribution is 5.87. The van der Waals surface area contributed by atoms with Crippen LogP contribution in [0, 0.1) is 5.92 Å². The van der Waals surface area contributed by atoms with Crippen LogP contribution in [-0.2, 0) is 9.59 Å². The van der Waals surface area contributed by atoms with Crippen LogP contribution in [0.5, 0.6) is 0 Å². The van der Waals surface area contributed by atoms with E-state index in [-0.39, 0.29) is 17.9 Å². The molecule has 2 amide bonds. The van der Waals surface area contributed by atoms with Crippen LogP contribution in [0.1, 0.15) is 71.1 Å². The van der Waals surface area contributed by atoms with Gasteiger partial charge in [-0.1, -0.05) is 19.3 Å². The lowest BCUT2D eigenvalue weighted by Crippen LogP contribution is -2.52. The molecule has 0 radical (unpaired) electrons. The summed E-state index contributed by atoms with van der Waals surface area (Å²) in [5.74, 6) is 0.676. The van der Waals surface area contributed by atoms with E-state index in [0.717, 1.165) is 25.9 Å². The van der Waals surface area contributed by atoms with Crippen molar-refractivity contribution in [2.75, 3.05) is 26.2 Å². The summed E-state index contributed by atoms with van der Waals surface area (Å²) >= 11 is 0. The summed E-state index contributed by atoms with van der Waals surface area (Å²) < 4.78 is 0. The molecule has 1 saturated carbocycles. The zero-order valence-electron chi connectivity index (χ0n) is 15.8. The van der Waals surface area contributed by atoms with Gasteiger partial charge >= 0.3 is 0 Å². The quantitative estimate of drug-likeness (QED) is 0.830. The first-order chi connectivity index (χ1) is 12.1. The van der Waals surface area contributed by atoms with Crippen molar-refractivity contribution >= 4 is 11.8 Å². The van der Waals surface area contributed by atoms with Crippen LogP contribution >= 0.6 is 0 Å². The van der Waals surface area contributed by atoms with E-state index in [4.69, 9.17) is 0 Å². The minimum absolute atomic E-state index is 0.0518. The van der Waals surface area contributed by atoms with Crippen LogP contribution in [0.3, 0.4) is 0 Å². The molecule has 0 bridgehead atoms. The highest BCUT2D eigenvalue weighted by Gasteiger charge is 2.30. The van der Waals surface area contributed by atoms with Gasteiger partial charge in [-0.25, -0.2) is 0 Å². The van der Waals surface area contributed by atoms with Crippen LogP contribution < -0.4 is 5.32 Å². The molecular weight excluding hydrogens is 314 g/mol. The van der Waals surface area contributed by atoms with E-state index in [1.54, 1.807) is 0 Å². The predicted molar refractivity (Wildman–Crippen MR) is 99.2 cm³/mol. The monoisotopic (exact) mass is 349 g/mol. The Hall–Kier alpha value is -1.10. The molecule has 0 aromatic heterocycles. The number of carbonyl (C=O) groups excluding carboxylic acids is 2. The highest BCUT2D eigenvalue weighted by atomic mass is 16.2. The molecule has 25 heavy (non-hydrogen) atoms. The number of hydrogen-bond acceptors (Lipinski definition) is 3. The van der Waals surface area contributed by atoms with Crippen LogP contribution in [0.25, 0.3) is 0 Å². The summed E-state index contributed by atoms with van der Waals surface area (Å²) in [5, 5.41) is 2.94. The van der Waals surface area contributed by atoms with Crippen molar-refractivity contribution in [1.82, 2.24) is 15.1 Å². The second-order valence-electron chi connectivity index (χ2n) is 8.30. The number of piperidine rings is 2. The normalized spacial score (nSPS) is 25.1. The molecule has 3 fully saturated rings. The third kappa shape index (κ3) is 5.19. The van der Waals surface area contributed by atoms with E-state index in [9.17, 15) is 9.59 Å². The minimum atomic E-state index is -0.388. The fourth-order valence-corrected chi connectivity index (χ4v) is 4.85. The lowest BCUT2D eigenvalue weighted by Gasteiger charge is -2.40. The molecule has 0 aromatic rings. The molecule has 0 aromatic carbocycles. The molecule has 3 rings (SSSR count). The minimum Gasteiger partial charge on any atom is -0.345 e. The summed E-state index contributed by atoms with van der Waals surface area (Å²) in [6.45, 7) is 5.97. The van der Waals surface area contributed by atoms with Crippen molar-refractivity contribution in [3.63, 3.8) is 0 Å². The van der Waals surface area contributed by atoms with Gasteiger partial charge < -0.3 is 15.1 Å². The van der Waals surface area contributed by atoms with Crippen molar-refractivity contribution in [1.29, 1.82) is 0 Å². The van der Waals surface area contributed by atoms with E-state index >= 15 is 0 Å². The van der Waals surface area contributed by atoms with E-state index in [1.165, 1.54) is 58.0 Å². The first kappa shape index (κ1) is 18.7. The molecule has 2 aliphatic heterocycles. The fourth-order valence-electron chi connectivity index (χ4n) is 4.85. The van der Waals surface area contributed by atoms with Gasteiger partial charge in [0.25, 0.3) is 0 Å². The second-order valence-corrected chi connectivity index (χ2v) is 8.30. The number of carbonyl (C=O) groups is 2. The topological polar surface area (TPSA) is 52.7 Å². The SMILES string of the molecule is C[C@H](NC(=O)CC1CCCC1)C(=O)N1CCC(N2CCCCC2)CC1. The zero-order chi connectivity index (χ0) is 17.6. The molecule has 2 heterocycles. The van der Waals surface area contributed by atoms with Gasteiger partial charge in [0.15, 0.2) is 0 Å². The summed E-state index contributed by atoms with van der Waals surface area (Å²) in [7, 11) is 0. The van der Waals surface area contributed by atoms with Crippen LogP contribution in [-0.4, -0.2) is 59.9 Å². The Bertz CT molecular complexity index is 448. The Labute approximate surface area is 152 Å². The Morgan fingerprint density at radius 3 is 2.20 bits per heavy atom. The maximum Gasteiger partial charge on any atom is 0.244 e. The lowest BCUT2D eigenvalue weighted by atomic mass is 9.99. The Balaban J connectivity index is 1.39. The highest BCUT2D eigenvalue weighted by Crippen LogP contribution is 2.27. The summed E-state index contributed by atoms with van der Waals surface area (Å²) in [5.41, 5.74) is 0. The number of likely N-dealkylation sites (tertiary alicyclic amines) is 2. The molecule has 5 heteroatoms. The summed E-state index contributed by atoms with van der Waals surface area (Å²) in [4.78, 5) is 29.4. The third-order valence-corrected chi connectivity index (χ3v) is 6.38. The third-order valence-electron chi connectivity index (χ3n) is 6.38. The van der Waals surface area contributed by atoms with Crippen LogP contribution in [0.2, 0.25) is 0 Å². The number of hydrogen-bond donors (Lipinski definition) is 1. The number of nitrogens with zero attached hydrogens (tertiary/aromatic N) is 2. The average Bonchev–Trinajstić information content (AvgIpc) is 3.14. The van der Waals surface area contributed by atoms with Gasteiger partial charge in [-0.3, -0.25) is 9.59 Å². The predicted octanol–water partition coefficient (Wildman–Crippen LogP) is 2.55. The maximum atomic E-state index is 12.7. The van der Waals surface area contributed by atoms with E-state index < -0.39 is 0 Å². The van der Waals surface area contributed by atoms with Crippen molar-refractivity contribution in [2.24, 2.45) is 5.92 Å². The molecule has 5 nitrogen and oxygen atoms in total. The van der Waals surface area contributed by atoms with Gasteiger partial charge in [0, 0.05) is 25.6 Å². The molecule has 2 saturated heterocycles. The van der Waals surface area contributed by atoms with Crippen molar-refractivity contribution in [3.8, 4) is 0 Å². The number of amides is 2. The standard InChI is InChI=1S/C20H35N3O2/c1-16(21-19(24)15-17-7-3-4-8-17)20(25)23-13-9-18(10-14-23)22-11-5-2-6-12-22/h16-18H,2-15H2,1H3,(H,21,24)/t16-/m0/s1. The molecule has 3 aliphatic rings.